The van der Waals surface area contributed by atoms with Crippen molar-refractivity contribution in [3.05, 3.63) is 68.7 Å². The van der Waals surface area contributed by atoms with Gasteiger partial charge in [-0.1, -0.05) is 18.2 Å². The van der Waals surface area contributed by atoms with Crippen molar-refractivity contribution < 1.29 is 14.3 Å². The summed E-state index contributed by atoms with van der Waals surface area (Å²) in [6, 6.07) is 10.2. The van der Waals surface area contributed by atoms with Crippen LogP contribution in [0.4, 0.5) is 0 Å². The van der Waals surface area contributed by atoms with Crippen molar-refractivity contribution >= 4 is 34.2 Å². The third kappa shape index (κ3) is 2.51. The zero-order chi connectivity index (χ0) is 14.8. The lowest BCUT2D eigenvalue weighted by Gasteiger charge is -2.03. The number of hydrogen-bond donors (Lipinski definition) is 1. The van der Waals surface area contributed by atoms with E-state index in [1.54, 1.807) is 30.3 Å². The second-order valence-electron chi connectivity index (χ2n) is 4.32. The Hall–Kier alpha value is -2.66. The van der Waals surface area contributed by atoms with Gasteiger partial charge in [-0.15, -0.1) is 11.3 Å². The fourth-order valence-electron chi connectivity index (χ4n) is 1.98. The van der Waals surface area contributed by atoms with E-state index in [-0.39, 0.29) is 16.9 Å². The van der Waals surface area contributed by atoms with Gasteiger partial charge in [0.1, 0.15) is 16.9 Å². The molecular formula is C16H10O4S. The minimum Gasteiger partial charge on any atom is -0.506 e. The Kier molecular flexibility index (Phi) is 3.41. The van der Waals surface area contributed by atoms with E-state index in [2.05, 4.69) is 0 Å². The van der Waals surface area contributed by atoms with E-state index >= 15 is 0 Å². The van der Waals surface area contributed by atoms with Crippen molar-refractivity contribution in [1.82, 2.24) is 0 Å². The van der Waals surface area contributed by atoms with Gasteiger partial charge in [-0.05, 0) is 35.7 Å². The van der Waals surface area contributed by atoms with Gasteiger partial charge in [-0.3, -0.25) is 4.79 Å². The Labute approximate surface area is 123 Å². The first kappa shape index (κ1) is 13.3. The molecule has 0 atom stereocenters. The molecule has 0 fully saturated rings. The number of aromatic hydroxyl groups is 1. The zero-order valence-corrected chi connectivity index (χ0v) is 11.6. The minimum absolute atomic E-state index is 0.249. The molecule has 0 aliphatic carbocycles. The van der Waals surface area contributed by atoms with E-state index in [4.69, 9.17) is 4.42 Å². The van der Waals surface area contributed by atoms with Crippen LogP contribution < -0.4 is 5.63 Å². The molecular weight excluding hydrogens is 288 g/mol. The van der Waals surface area contributed by atoms with Crippen molar-refractivity contribution in [1.29, 1.82) is 0 Å². The lowest BCUT2D eigenvalue weighted by atomic mass is 10.1. The van der Waals surface area contributed by atoms with Crippen molar-refractivity contribution in [2.45, 2.75) is 0 Å². The summed E-state index contributed by atoms with van der Waals surface area (Å²) in [6.07, 6.45) is 2.85. The molecule has 0 saturated heterocycles. The van der Waals surface area contributed by atoms with E-state index in [9.17, 15) is 14.7 Å². The molecule has 5 heteroatoms. The fourth-order valence-corrected chi connectivity index (χ4v) is 2.60. The highest BCUT2D eigenvalue weighted by Gasteiger charge is 2.18. The number of allylic oxidation sites excluding steroid dienone is 1. The molecule has 0 aliphatic heterocycles. The maximum atomic E-state index is 12.1. The molecule has 0 spiro atoms. The van der Waals surface area contributed by atoms with Gasteiger partial charge in [0, 0.05) is 4.88 Å². The van der Waals surface area contributed by atoms with Gasteiger partial charge in [0.25, 0.3) is 0 Å². The maximum absolute atomic E-state index is 12.1. The molecule has 3 aromatic rings. The third-order valence-electron chi connectivity index (χ3n) is 2.97. The maximum Gasteiger partial charge on any atom is 0.351 e. The summed E-state index contributed by atoms with van der Waals surface area (Å²) in [4.78, 5) is 24.9. The lowest BCUT2D eigenvalue weighted by molar-refractivity contribution is 0.104. The molecule has 21 heavy (non-hydrogen) atoms. The highest BCUT2D eigenvalue weighted by atomic mass is 32.1. The Morgan fingerprint density at radius 1 is 1.19 bits per heavy atom. The Morgan fingerprint density at radius 2 is 2.00 bits per heavy atom. The van der Waals surface area contributed by atoms with E-state index < -0.39 is 11.4 Å². The van der Waals surface area contributed by atoms with Crippen molar-refractivity contribution in [3.63, 3.8) is 0 Å². The number of para-hydroxylation sites is 1. The molecule has 1 N–H and O–H groups in total. The van der Waals surface area contributed by atoms with Gasteiger partial charge in [-0.2, -0.15) is 0 Å². The van der Waals surface area contributed by atoms with Gasteiger partial charge in [0.2, 0.25) is 0 Å². The molecule has 4 nitrogen and oxygen atoms in total. The van der Waals surface area contributed by atoms with E-state index in [1.165, 1.54) is 17.4 Å². The lowest BCUT2D eigenvalue weighted by Crippen LogP contribution is -2.12. The quantitative estimate of drug-likeness (QED) is 0.457. The predicted octanol–water partition coefficient (Wildman–Crippen LogP) is 3.46. The molecule has 3 rings (SSSR count). The first-order valence-electron chi connectivity index (χ1n) is 6.17. The van der Waals surface area contributed by atoms with Crippen LogP contribution >= 0.6 is 11.3 Å². The van der Waals surface area contributed by atoms with E-state index in [0.29, 0.717) is 5.39 Å². The number of fused-ring (bicyclic) bond motifs is 1. The summed E-state index contributed by atoms with van der Waals surface area (Å²) in [7, 11) is 0. The second-order valence-corrected chi connectivity index (χ2v) is 5.30. The van der Waals surface area contributed by atoms with Crippen molar-refractivity contribution in [2.75, 3.05) is 0 Å². The standard InChI is InChI=1S/C16H10O4S/c17-12(8-7-10-4-3-9-21-10)14-15(18)11-5-1-2-6-13(11)20-16(14)19/h1-9,18H/b8-7+. The van der Waals surface area contributed by atoms with Gasteiger partial charge < -0.3 is 9.52 Å². The molecule has 0 aliphatic rings. The fraction of sp³-hybridized carbons (Fsp3) is 0. The molecule has 2 aromatic heterocycles. The number of ketones is 1. The average molecular weight is 298 g/mol. The molecule has 0 unspecified atom stereocenters. The number of hydrogen-bond acceptors (Lipinski definition) is 5. The Bertz CT molecular complexity index is 888. The SMILES string of the molecule is O=C(/C=C/c1cccs1)c1c(O)c2ccccc2oc1=O. The smallest absolute Gasteiger partial charge is 0.351 e. The normalized spacial score (nSPS) is 11.2. The summed E-state index contributed by atoms with van der Waals surface area (Å²) in [5.74, 6) is -0.928. The van der Waals surface area contributed by atoms with Crippen LogP contribution in [0.1, 0.15) is 15.2 Å². The molecule has 0 amide bonds. The van der Waals surface area contributed by atoms with Crippen LogP contribution in [0.15, 0.2) is 57.1 Å². The van der Waals surface area contributed by atoms with Gasteiger partial charge in [0.05, 0.1) is 5.39 Å². The van der Waals surface area contributed by atoms with Crippen LogP contribution in [-0.2, 0) is 0 Å². The molecule has 0 saturated carbocycles. The second kappa shape index (κ2) is 5.38. The topological polar surface area (TPSA) is 67.5 Å². The average Bonchev–Trinajstić information content (AvgIpc) is 2.98. The van der Waals surface area contributed by atoms with Crippen LogP contribution in [0.2, 0.25) is 0 Å². The highest BCUT2D eigenvalue weighted by molar-refractivity contribution is 7.10. The molecule has 1 aromatic carbocycles. The Balaban J connectivity index is 2.08. The largest absolute Gasteiger partial charge is 0.506 e. The molecule has 0 bridgehead atoms. The monoisotopic (exact) mass is 298 g/mol. The third-order valence-corrected chi connectivity index (χ3v) is 3.81. The van der Waals surface area contributed by atoms with E-state index in [0.717, 1.165) is 4.88 Å². The van der Waals surface area contributed by atoms with Crippen LogP contribution in [0.3, 0.4) is 0 Å². The zero-order valence-electron chi connectivity index (χ0n) is 10.8. The van der Waals surface area contributed by atoms with Gasteiger partial charge in [-0.25, -0.2) is 4.79 Å². The first-order chi connectivity index (χ1) is 10.2. The summed E-state index contributed by atoms with van der Waals surface area (Å²) in [5, 5.41) is 12.4. The minimum atomic E-state index is -0.841. The van der Waals surface area contributed by atoms with Crippen molar-refractivity contribution in [2.24, 2.45) is 0 Å². The highest BCUT2D eigenvalue weighted by Crippen LogP contribution is 2.26. The summed E-state index contributed by atoms with van der Waals surface area (Å²) in [5.41, 5.74) is -0.938. The number of benzene rings is 1. The summed E-state index contributed by atoms with van der Waals surface area (Å²) < 4.78 is 5.06. The van der Waals surface area contributed by atoms with Gasteiger partial charge in [0.15, 0.2) is 5.78 Å². The van der Waals surface area contributed by atoms with Crippen LogP contribution in [0, 0.1) is 0 Å². The van der Waals surface area contributed by atoms with Crippen LogP contribution in [0.5, 0.6) is 5.75 Å². The van der Waals surface area contributed by atoms with E-state index in [1.807, 2.05) is 17.5 Å². The predicted molar refractivity (Wildman–Crippen MR) is 81.8 cm³/mol. The summed E-state index contributed by atoms with van der Waals surface area (Å²) in [6.45, 7) is 0. The van der Waals surface area contributed by atoms with Gasteiger partial charge >= 0.3 is 5.63 Å². The van der Waals surface area contributed by atoms with Crippen molar-refractivity contribution in [3.8, 4) is 5.75 Å². The van der Waals surface area contributed by atoms with Crippen LogP contribution in [0.25, 0.3) is 17.0 Å². The number of carbonyl (C=O) groups is 1. The molecule has 104 valence electrons. The number of rotatable bonds is 3. The van der Waals surface area contributed by atoms with Crippen LogP contribution in [-0.4, -0.2) is 10.9 Å². The molecule has 2 heterocycles. The molecule has 0 radical (unpaired) electrons. The summed E-state index contributed by atoms with van der Waals surface area (Å²) >= 11 is 1.47. The number of carbonyl (C=O) groups excluding carboxylic acids is 1. The number of thiophene rings is 1. The first-order valence-corrected chi connectivity index (χ1v) is 7.05. The Morgan fingerprint density at radius 3 is 2.76 bits per heavy atom.